The number of amides is 1. The average molecular weight is 651 g/mol. The van der Waals surface area contributed by atoms with Crippen LogP contribution in [-0.4, -0.2) is 77.2 Å². The van der Waals surface area contributed by atoms with Crippen molar-refractivity contribution in [2.75, 3.05) is 35.6 Å². The fourth-order valence-corrected chi connectivity index (χ4v) is 6.94. The van der Waals surface area contributed by atoms with Crippen molar-refractivity contribution < 1.29 is 31.5 Å². The fourth-order valence-electron chi connectivity index (χ4n) is 5.83. The Morgan fingerprint density at radius 3 is 2.46 bits per heavy atom. The molecule has 3 aromatic heterocycles. The van der Waals surface area contributed by atoms with Crippen molar-refractivity contribution in [3.8, 4) is 17.1 Å². The summed E-state index contributed by atoms with van der Waals surface area (Å²) in [5, 5.41) is 0. The van der Waals surface area contributed by atoms with Gasteiger partial charge < -0.3 is 20.3 Å². The van der Waals surface area contributed by atoms with Crippen molar-refractivity contribution in [3.63, 3.8) is 0 Å². The summed E-state index contributed by atoms with van der Waals surface area (Å²) >= 11 is 0. The van der Waals surface area contributed by atoms with E-state index >= 15 is 0 Å². The van der Waals surface area contributed by atoms with Crippen LogP contribution in [0.15, 0.2) is 59.6 Å². The standard InChI is InChI=1S/C30H28F2N8O5S/c1-16(41)3-10-26(42)40-19-5-6-20(40)15-39(14-19)28-27-23(36-30(33)37-28)8-7-22(35-27)17-11-24(29(45-2)34-13-17)38-46(43,44)25-9-4-18(31)12-21(25)32/h3-4,7-13,19-20,38H,5-6,14-15H2,1-2H3,(H2,33,36,37)/b10-3+/t19-,20+. The normalized spacial score (nSPS) is 17.9. The lowest BCUT2D eigenvalue weighted by Crippen LogP contribution is -2.55. The number of anilines is 3. The first kappa shape index (κ1) is 30.8. The third-order valence-corrected chi connectivity index (χ3v) is 9.20. The summed E-state index contributed by atoms with van der Waals surface area (Å²) in [4.78, 5) is 45.1. The maximum Gasteiger partial charge on any atom is 0.264 e. The van der Waals surface area contributed by atoms with E-state index in [1.165, 1.54) is 38.4 Å². The minimum Gasteiger partial charge on any atom is -0.480 e. The number of hydrogen-bond donors (Lipinski definition) is 2. The summed E-state index contributed by atoms with van der Waals surface area (Å²) < 4.78 is 61.3. The molecule has 0 radical (unpaired) electrons. The molecule has 2 aliphatic heterocycles. The number of carbonyl (C=O) groups is 2. The van der Waals surface area contributed by atoms with Crippen LogP contribution in [0.3, 0.4) is 0 Å². The van der Waals surface area contributed by atoms with Gasteiger partial charge in [0.15, 0.2) is 11.6 Å². The van der Waals surface area contributed by atoms with Gasteiger partial charge in [-0.3, -0.25) is 14.3 Å². The van der Waals surface area contributed by atoms with E-state index in [2.05, 4.69) is 19.7 Å². The van der Waals surface area contributed by atoms with Gasteiger partial charge >= 0.3 is 0 Å². The van der Waals surface area contributed by atoms with Crippen LogP contribution in [-0.2, 0) is 19.6 Å². The lowest BCUT2D eigenvalue weighted by Gasteiger charge is -2.41. The van der Waals surface area contributed by atoms with Crippen LogP contribution in [0.5, 0.6) is 5.88 Å². The Kier molecular flexibility index (Phi) is 7.97. The third kappa shape index (κ3) is 5.90. The van der Waals surface area contributed by atoms with E-state index in [4.69, 9.17) is 15.5 Å². The molecule has 5 heterocycles. The number of methoxy groups -OCH3 is 1. The minimum atomic E-state index is -4.50. The zero-order valence-electron chi connectivity index (χ0n) is 24.6. The number of carbonyl (C=O) groups excluding carboxylic acids is 2. The molecule has 0 spiro atoms. The lowest BCUT2D eigenvalue weighted by molar-refractivity contribution is -0.129. The van der Waals surface area contributed by atoms with E-state index in [0.717, 1.165) is 25.0 Å². The van der Waals surface area contributed by atoms with E-state index in [-0.39, 0.29) is 41.3 Å². The highest BCUT2D eigenvalue weighted by atomic mass is 32.2. The van der Waals surface area contributed by atoms with E-state index in [1.807, 2.05) is 9.80 Å². The molecule has 1 aromatic carbocycles. The highest BCUT2D eigenvalue weighted by Gasteiger charge is 2.42. The number of pyridine rings is 2. The molecule has 6 rings (SSSR count). The highest BCUT2D eigenvalue weighted by Crippen LogP contribution is 2.36. The number of ether oxygens (including phenoxy) is 1. The number of nitrogens with zero attached hydrogens (tertiary/aromatic N) is 6. The molecule has 46 heavy (non-hydrogen) atoms. The Hall–Kier alpha value is -5.25. The number of ketones is 1. The number of aromatic nitrogens is 4. The molecule has 2 atom stereocenters. The van der Waals surface area contributed by atoms with Gasteiger partial charge in [0.25, 0.3) is 10.0 Å². The van der Waals surface area contributed by atoms with Crippen molar-refractivity contribution in [1.82, 2.24) is 24.8 Å². The lowest BCUT2D eigenvalue weighted by atomic mass is 10.1. The number of allylic oxidation sites excluding steroid dienone is 1. The van der Waals surface area contributed by atoms with Gasteiger partial charge in [-0.2, -0.15) is 4.98 Å². The van der Waals surface area contributed by atoms with Crippen molar-refractivity contribution in [2.24, 2.45) is 0 Å². The zero-order valence-corrected chi connectivity index (χ0v) is 25.5. The fraction of sp³-hybridized carbons (Fsp3) is 0.267. The number of sulfonamides is 1. The van der Waals surface area contributed by atoms with E-state index in [9.17, 15) is 26.8 Å². The van der Waals surface area contributed by atoms with Gasteiger partial charge in [0.1, 0.15) is 27.7 Å². The summed E-state index contributed by atoms with van der Waals surface area (Å²) in [6.07, 6.45) is 5.58. The number of hydrogen-bond acceptors (Lipinski definition) is 11. The highest BCUT2D eigenvalue weighted by molar-refractivity contribution is 7.92. The molecule has 16 heteroatoms. The number of rotatable bonds is 8. The van der Waals surface area contributed by atoms with Crippen LogP contribution in [0.2, 0.25) is 0 Å². The van der Waals surface area contributed by atoms with E-state index in [1.54, 1.807) is 12.1 Å². The summed E-state index contributed by atoms with van der Waals surface area (Å²) in [6.45, 7) is 2.31. The zero-order chi connectivity index (χ0) is 32.7. The van der Waals surface area contributed by atoms with Gasteiger partial charge in [0.05, 0.1) is 18.3 Å². The predicted molar refractivity (Wildman–Crippen MR) is 164 cm³/mol. The molecule has 0 saturated carbocycles. The molecular formula is C30H28F2N8O5S. The first-order valence-electron chi connectivity index (χ1n) is 14.2. The SMILES string of the molecule is COc1ncc(-c2ccc3nc(N)nc(N4C[C@H]5CC[C@@H](C4)N5C(=O)/C=C/C(C)=O)c3n2)cc1NS(=O)(=O)c1ccc(F)cc1F. The molecule has 1 amide bonds. The van der Waals surface area contributed by atoms with Gasteiger partial charge in [-0.25, -0.2) is 32.2 Å². The Labute approximate surface area is 262 Å². The number of fused-ring (bicyclic) bond motifs is 3. The van der Waals surface area contributed by atoms with Crippen LogP contribution in [0, 0.1) is 11.6 Å². The number of nitrogens with one attached hydrogen (secondary N) is 1. The first-order valence-corrected chi connectivity index (χ1v) is 15.6. The van der Waals surface area contributed by atoms with Gasteiger partial charge in [0.2, 0.25) is 17.7 Å². The van der Waals surface area contributed by atoms with Crippen LogP contribution >= 0.6 is 0 Å². The molecule has 3 N–H and O–H groups in total. The predicted octanol–water partition coefficient (Wildman–Crippen LogP) is 3.08. The monoisotopic (exact) mass is 650 g/mol. The molecule has 13 nitrogen and oxygen atoms in total. The van der Waals surface area contributed by atoms with E-state index < -0.39 is 26.6 Å². The smallest absolute Gasteiger partial charge is 0.264 e. The molecule has 2 bridgehead atoms. The molecular weight excluding hydrogens is 622 g/mol. The van der Waals surface area contributed by atoms with Gasteiger partial charge in [-0.15, -0.1) is 0 Å². The summed E-state index contributed by atoms with van der Waals surface area (Å²) in [7, 11) is -3.21. The molecule has 4 aromatic rings. The van der Waals surface area contributed by atoms with Gasteiger partial charge in [-0.05, 0) is 56.2 Å². The van der Waals surface area contributed by atoms with Crippen LogP contribution in [0.1, 0.15) is 19.8 Å². The molecule has 2 saturated heterocycles. The number of nitrogens with two attached hydrogens (primary N) is 1. The second-order valence-electron chi connectivity index (χ2n) is 10.9. The Bertz CT molecular complexity index is 2010. The number of nitrogen functional groups attached to an aromatic ring is 1. The van der Waals surface area contributed by atoms with Crippen molar-refractivity contribution in [1.29, 1.82) is 0 Å². The molecule has 0 aliphatic carbocycles. The Morgan fingerprint density at radius 2 is 1.78 bits per heavy atom. The topological polar surface area (TPSA) is 174 Å². The summed E-state index contributed by atoms with van der Waals surface area (Å²) in [5.41, 5.74) is 7.63. The molecule has 2 aliphatic rings. The number of piperazine rings is 1. The van der Waals surface area contributed by atoms with E-state index in [0.29, 0.717) is 47.3 Å². The Morgan fingerprint density at radius 1 is 1.04 bits per heavy atom. The molecule has 0 unspecified atom stereocenters. The first-order chi connectivity index (χ1) is 21.9. The average Bonchev–Trinajstić information content (AvgIpc) is 3.27. The van der Waals surface area contributed by atoms with Crippen LogP contribution in [0.25, 0.3) is 22.3 Å². The Balaban J connectivity index is 1.34. The summed E-state index contributed by atoms with van der Waals surface area (Å²) in [5.74, 6) is -2.17. The number of halogens is 2. The molecule has 2 fully saturated rings. The van der Waals surface area contributed by atoms with Crippen molar-refractivity contribution in [2.45, 2.75) is 36.7 Å². The van der Waals surface area contributed by atoms with Crippen molar-refractivity contribution in [3.05, 3.63) is 66.4 Å². The maximum atomic E-state index is 14.3. The minimum absolute atomic E-state index is 0.0446. The summed E-state index contributed by atoms with van der Waals surface area (Å²) in [6, 6.07) is 6.69. The van der Waals surface area contributed by atoms with Crippen LogP contribution < -0.4 is 20.1 Å². The second-order valence-corrected chi connectivity index (χ2v) is 12.6. The maximum absolute atomic E-state index is 14.3. The second kappa shape index (κ2) is 11.9. The third-order valence-electron chi connectivity index (χ3n) is 7.81. The largest absolute Gasteiger partial charge is 0.480 e. The quantitative estimate of drug-likeness (QED) is 0.268. The van der Waals surface area contributed by atoms with Gasteiger partial charge in [-0.1, -0.05) is 0 Å². The van der Waals surface area contributed by atoms with Gasteiger partial charge in [0, 0.05) is 49.1 Å². The van der Waals surface area contributed by atoms with Crippen LogP contribution in [0.4, 0.5) is 26.2 Å². The number of benzene rings is 1. The van der Waals surface area contributed by atoms with Crippen molar-refractivity contribution >= 4 is 50.2 Å². The molecule has 238 valence electrons.